The lowest BCUT2D eigenvalue weighted by Gasteiger charge is -2.12. The predicted molar refractivity (Wildman–Crippen MR) is 79.9 cm³/mol. The van der Waals surface area contributed by atoms with Gasteiger partial charge in [-0.25, -0.2) is 0 Å². The minimum absolute atomic E-state index is 0.0408. The predicted octanol–water partition coefficient (Wildman–Crippen LogP) is 2.73. The van der Waals surface area contributed by atoms with Crippen LogP contribution >= 0.6 is 0 Å². The van der Waals surface area contributed by atoms with E-state index in [1.54, 1.807) is 13.0 Å². The van der Waals surface area contributed by atoms with E-state index in [0.717, 1.165) is 11.8 Å². The van der Waals surface area contributed by atoms with Crippen molar-refractivity contribution in [3.8, 4) is 5.75 Å². The summed E-state index contributed by atoms with van der Waals surface area (Å²) < 4.78 is 30.4. The summed E-state index contributed by atoms with van der Waals surface area (Å²) in [6, 6.07) is 4.43. The first-order valence-corrected chi connectivity index (χ1v) is 6.87. The van der Waals surface area contributed by atoms with E-state index < -0.39 is 17.4 Å². The standard InChI is InChI=1S/C14H14F2N4O4/c1-9-2-3-12(24-14(15)16)11(6-9)18-13(21)4-5-19-8-10(7-17-19)20(22)23/h2-3,6-8,14H,4-5H2,1H3,(H,18,21). The van der Waals surface area contributed by atoms with E-state index in [9.17, 15) is 23.7 Å². The molecule has 10 heteroatoms. The molecule has 0 unspecified atom stereocenters. The minimum Gasteiger partial charge on any atom is -0.433 e. The van der Waals surface area contributed by atoms with Gasteiger partial charge in [0.1, 0.15) is 18.1 Å². The highest BCUT2D eigenvalue weighted by Crippen LogP contribution is 2.27. The molecule has 2 aromatic rings. The number of aromatic nitrogens is 2. The van der Waals surface area contributed by atoms with Gasteiger partial charge in [-0.1, -0.05) is 6.07 Å². The van der Waals surface area contributed by atoms with Crippen molar-refractivity contribution in [3.63, 3.8) is 0 Å². The topological polar surface area (TPSA) is 99.3 Å². The molecule has 0 atom stereocenters. The van der Waals surface area contributed by atoms with Crippen LogP contribution in [0.5, 0.6) is 5.75 Å². The van der Waals surface area contributed by atoms with Gasteiger partial charge in [0.25, 0.3) is 0 Å². The van der Waals surface area contributed by atoms with Crippen molar-refractivity contribution in [3.05, 3.63) is 46.3 Å². The minimum atomic E-state index is -3.01. The Kier molecular flexibility index (Phi) is 5.40. The van der Waals surface area contributed by atoms with Gasteiger partial charge in [0.15, 0.2) is 0 Å². The lowest BCUT2D eigenvalue weighted by atomic mass is 10.2. The molecule has 0 fully saturated rings. The number of aryl methyl sites for hydroxylation is 2. The largest absolute Gasteiger partial charge is 0.433 e. The van der Waals surface area contributed by atoms with Gasteiger partial charge >= 0.3 is 12.3 Å². The van der Waals surface area contributed by atoms with Crippen LogP contribution in [0.15, 0.2) is 30.6 Å². The molecular formula is C14H14F2N4O4. The van der Waals surface area contributed by atoms with E-state index in [1.807, 2.05) is 0 Å². The lowest BCUT2D eigenvalue weighted by molar-refractivity contribution is -0.385. The van der Waals surface area contributed by atoms with Crippen molar-refractivity contribution in [1.82, 2.24) is 9.78 Å². The molecule has 128 valence electrons. The number of benzene rings is 1. The number of amides is 1. The monoisotopic (exact) mass is 340 g/mol. The van der Waals surface area contributed by atoms with Gasteiger partial charge in [-0.2, -0.15) is 13.9 Å². The summed E-state index contributed by atoms with van der Waals surface area (Å²) in [5, 5.41) is 16.8. The van der Waals surface area contributed by atoms with Crippen molar-refractivity contribution in [2.45, 2.75) is 26.5 Å². The number of ether oxygens (including phenoxy) is 1. The fourth-order valence-electron chi connectivity index (χ4n) is 1.94. The third-order valence-corrected chi connectivity index (χ3v) is 3.02. The Hall–Kier alpha value is -3.04. The maximum atomic E-state index is 12.4. The molecule has 8 nitrogen and oxygen atoms in total. The second-order valence-corrected chi connectivity index (χ2v) is 4.90. The number of anilines is 1. The quantitative estimate of drug-likeness (QED) is 0.617. The Labute approximate surface area is 135 Å². The number of alkyl halides is 2. The van der Waals surface area contributed by atoms with E-state index in [1.165, 1.54) is 23.0 Å². The molecule has 2 rings (SSSR count). The number of carbonyl (C=O) groups is 1. The summed E-state index contributed by atoms with van der Waals surface area (Å²) in [5.74, 6) is -0.600. The Morgan fingerprint density at radius 2 is 2.25 bits per heavy atom. The van der Waals surface area contributed by atoms with Crippen LogP contribution in [-0.2, 0) is 11.3 Å². The summed E-state index contributed by atoms with van der Waals surface area (Å²) in [6.07, 6.45) is 2.24. The molecule has 24 heavy (non-hydrogen) atoms. The molecule has 0 saturated heterocycles. The van der Waals surface area contributed by atoms with E-state index >= 15 is 0 Å². The number of halogens is 2. The van der Waals surface area contributed by atoms with Crippen molar-refractivity contribution in [2.75, 3.05) is 5.32 Å². The van der Waals surface area contributed by atoms with E-state index in [-0.39, 0.29) is 30.1 Å². The van der Waals surface area contributed by atoms with Crippen molar-refractivity contribution >= 4 is 17.3 Å². The summed E-state index contributed by atoms with van der Waals surface area (Å²) in [5.41, 5.74) is 0.711. The summed E-state index contributed by atoms with van der Waals surface area (Å²) in [4.78, 5) is 21.9. The number of hydrogen-bond acceptors (Lipinski definition) is 5. The number of carbonyl (C=O) groups excluding carboxylic acids is 1. The molecule has 0 aliphatic rings. The van der Waals surface area contributed by atoms with Gasteiger partial charge in [-0.3, -0.25) is 19.6 Å². The average molecular weight is 340 g/mol. The second kappa shape index (κ2) is 7.49. The Balaban J connectivity index is 1.98. The zero-order valence-electron chi connectivity index (χ0n) is 12.6. The first-order chi connectivity index (χ1) is 11.3. The molecule has 1 aromatic heterocycles. The second-order valence-electron chi connectivity index (χ2n) is 4.90. The molecule has 0 radical (unpaired) electrons. The molecule has 0 saturated carbocycles. The number of nitro groups is 1. The molecule has 0 bridgehead atoms. The van der Waals surface area contributed by atoms with Crippen LogP contribution in [0.4, 0.5) is 20.2 Å². The van der Waals surface area contributed by atoms with E-state index in [0.29, 0.717) is 0 Å². The van der Waals surface area contributed by atoms with Gasteiger partial charge in [-0.15, -0.1) is 0 Å². The van der Waals surface area contributed by atoms with Crippen molar-refractivity contribution < 1.29 is 23.2 Å². The summed E-state index contributed by atoms with van der Waals surface area (Å²) in [6.45, 7) is -1.16. The van der Waals surface area contributed by atoms with Crippen LogP contribution in [0.2, 0.25) is 0 Å². The van der Waals surface area contributed by atoms with Crippen LogP contribution in [0.3, 0.4) is 0 Å². The van der Waals surface area contributed by atoms with Crippen LogP contribution in [0.1, 0.15) is 12.0 Å². The molecule has 1 aromatic carbocycles. The average Bonchev–Trinajstić information content (AvgIpc) is 2.97. The van der Waals surface area contributed by atoms with Crippen LogP contribution in [0.25, 0.3) is 0 Å². The van der Waals surface area contributed by atoms with E-state index in [2.05, 4.69) is 15.2 Å². The molecule has 1 amide bonds. The smallest absolute Gasteiger partial charge is 0.387 e. The zero-order chi connectivity index (χ0) is 17.7. The fourth-order valence-corrected chi connectivity index (χ4v) is 1.94. The number of rotatable bonds is 7. The molecule has 0 aliphatic carbocycles. The maximum absolute atomic E-state index is 12.4. The van der Waals surface area contributed by atoms with Gasteiger partial charge in [0.05, 0.1) is 10.6 Å². The highest BCUT2D eigenvalue weighted by atomic mass is 19.3. The van der Waals surface area contributed by atoms with Gasteiger partial charge in [-0.05, 0) is 24.6 Å². The molecular weight excluding hydrogens is 326 g/mol. The Morgan fingerprint density at radius 1 is 1.50 bits per heavy atom. The van der Waals surface area contributed by atoms with Crippen molar-refractivity contribution in [1.29, 1.82) is 0 Å². The van der Waals surface area contributed by atoms with Crippen LogP contribution < -0.4 is 10.1 Å². The number of hydrogen-bond donors (Lipinski definition) is 1. The van der Waals surface area contributed by atoms with Gasteiger partial charge < -0.3 is 10.1 Å². The fraction of sp³-hybridized carbons (Fsp3) is 0.286. The normalized spacial score (nSPS) is 10.7. The highest BCUT2D eigenvalue weighted by Gasteiger charge is 2.13. The SMILES string of the molecule is Cc1ccc(OC(F)F)c(NC(=O)CCn2cc([N+](=O)[O-])cn2)c1. The lowest BCUT2D eigenvalue weighted by Crippen LogP contribution is -2.16. The maximum Gasteiger partial charge on any atom is 0.387 e. The van der Waals surface area contributed by atoms with Gasteiger partial charge in [0, 0.05) is 13.0 Å². The molecule has 1 N–H and O–H groups in total. The van der Waals surface area contributed by atoms with Crippen LogP contribution in [-0.4, -0.2) is 27.2 Å². The zero-order valence-corrected chi connectivity index (χ0v) is 12.6. The van der Waals surface area contributed by atoms with Crippen molar-refractivity contribution in [2.24, 2.45) is 0 Å². The third kappa shape index (κ3) is 4.73. The number of nitrogens with zero attached hydrogens (tertiary/aromatic N) is 3. The summed E-state index contributed by atoms with van der Waals surface area (Å²) >= 11 is 0. The third-order valence-electron chi connectivity index (χ3n) is 3.02. The first kappa shape index (κ1) is 17.3. The van der Waals surface area contributed by atoms with Crippen LogP contribution in [0, 0.1) is 17.0 Å². The first-order valence-electron chi connectivity index (χ1n) is 6.87. The van der Waals surface area contributed by atoms with E-state index in [4.69, 9.17) is 0 Å². The number of nitrogens with one attached hydrogen (secondary N) is 1. The Morgan fingerprint density at radius 3 is 2.88 bits per heavy atom. The van der Waals surface area contributed by atoms with Gasteiger partial charge in [0.2, 0.25) is 5.91 Å². The molecule has 0 aliphatic heterocycles. The molecule has 0 spiro atoms. The highest BCUT2D eigenvalue weighted by molar-refractivity contribution is 5.92. The Bertz CT molecular complexity index is 748. The molecule has 1 heterocycles. The summed E-state index contributed by atoms with van der Waals surface area (Å²) in [7, 11) is 0.